The van der Waals surface area contributed by atoms with Gasteiger partial charge in [0.2, 0.25) is 0 Å². The summed E-state index contributed by atoms with van der Waals surface area (Å²) in [5.41, 5.74) is -6.53. The van der Waals surface area contributed by atoms with Crippen LogP contribution in [0.5, 0.6) is 0 Å². The first-order valence-electron chi connectivity index (χ1n) is 7.54. The summed E-state index contributed by atoms with van der Waals surface area (Å²) < 4.78 is 98.0. The van der Waals surface area contributed by atoms with Crippen molar-refractivity contribution in [3.8, 4) is 0 Å². The lowest BCUT2D eigenvalue weighted by Crippen LogP contribution is -2.55. The van der Waals surface area contributed by atoms with Gasteiger partial charge < -0.3 is 10.2 Å². The number of urea groups is 1. The van der Waals surface area contributed by atoms with Crippen LogP contribution in [0.4, 0.5) is 31.1 Å². The topological polar surface area (TPSA) is 82.6 Å². The second kappa shape index (κ2) is 7.91. The van der Waals surface area contributed by atoms with Crippen LogP contribution in [-0.2, 0) is 22.7 Å². The molecule has 28 heavy (non-hydrogen) atoms. The van der Waals surface area contributed by atoms with Crippen LogP contribution in [-0.4, -0.2) is 60.3 Å². The fraction of sp³-hybridized carbons (Fsp3) is 0.538. The Morgan fingerprint density at radius 3 is 2.18 bits per heavy atom. The number of rotatable bonds is 3. The first-order valence-corrected chi connectivity index (χ1v) is 9.36. The Bertz CT molecular complexity index is 838. The molecule has 0 radical (unpaired) electrons. The number of amides is 2. The van der Waals surface area contributed by atoms with Crippen molar-refractivity contribution in [2.45, 2.75) is 18.2 Å². The Labute approximate surface area is 160 Å². The third kappa shape index (κ3) is 4.97. The number of halogens is 7. The summed E-state index contributed by atoms with van der Waals surface area (Å²) in [7, 11) is -5.47. The normalized spacial score (nSPS) is 16.9. The number of pyridine rings is 1. The lowest BCUT2D eigenvalue weighted by molar-refractivity contribution is -0.137. The number of hydrogen-bond donors (Lipinski definition) is 1. The molecular weight excluding hydrogens is 442 g/mol. The highest BCUT2D eigenvalue weighted by Crippen LogP contribution is 2.31. The SMILES string of the molecule is O=C(NCc1ncc(C(F)(F)F)cc1Cl)N1CCN(S(=O)(=O)C(F)(F)F)CC1. The van der Waals surface area contributed by atoms with Gasteiger partial charge in [0.25, 0.3) is 0 Å². The molecule has 1 saturated heterocycles. The summed E-state index contributed by atoms with van der Waals surface area (Å²) in [6, 6.07) is -0.0987. The van der Waals surface area contributed by atoms with Crippen molar-refractivity contribution in [2.24, 2.45) is 0 Å². The standard InChI is InChI=1S/C13H13ClF6N4O3S/c14-9-5-8(12(15,16)17)6-21-10(9)7-22-11(25)23-1-3-24(4-2-23)28(26,27)13(18,19)20/h5-6H,1-4,7H2,(H,22,25). The lowest BCUT2D eigenvalue weighted by Gasteiger charge is -2.34. The molecule has 0 unspecified atom stereocenters. The van der Waals surface area contributed by atoms with Gasteiger partial charge in [0.15, 0.2) is 0 Å². The average Bonchev–Trinajstić information content (AvgIpc) is 2.58. The first kappa shape index (κ1) is 22.5. The Morgan fingerprint density at radius 1 is 1.14 bits per heavy atom. The molecule has 15 heteroatoms. The first-order chi connectivity index (χ1) is 12.7. The van der Waals surface area contributed by atoms with Gasteiger partial charge in [0.1, 0.15) is 0 Å². The van der Waals surface area contributed by atoms with E-state index in [4.69, 9.17) is 11.6 Å². The zero-order chi connectivity index (χ0) is 21.3. The van der Waals surface area contributed by atoms with Gasteiger partial charge >= 0.3 is 27.7 Å². The molecule has 2 amide bonds. The van der Waals surface area contributed by atoms with E-state index in [-0.39, 0.29) is 34.7 Å². The van der Waals surface area contributed by atoms with Gasteiger partial charge in [0.05, 0.1) is 22.8 Å². The number of piperazine rings is 1. The molecule has 0 spiro atoms. The Kier molecular flexibility index (Phi) is 6.35. The van der Waals surface area contributed by atoms with Crippen molar-refractivity contribution in [1.29, 1.82) is 0 Å². The number of sulfonamides is 1. The third-order valence-corrected chi connectivity index (χ3v) is 5.77. The van der Waals surface area contributed by atoms with Crippen LogP contribution in [0.1, 0.15) is 11.3 Å². The van der Waals surface area contributed by atoms with Gasteiger partial charge in [-0.3, -0.25) is 4.98 Å². The molecule has 1 fully saturated rings. The monoisotopic (exact) mass is 454 g/mol. The zero-order valence-corrected chi connectivity index (χ0v) is 15.4. The van der Waals surface area contributed by atoms with Gasteiger partial charge in [-0.15, -0.1) is 0 Å². The predicted octanol–water partition coefficient (Wildman–Crippen LogP) is 2.43. The maximum atomic E-state index is 12.6. The molecule has 1 aromatic rings. The van der Waals surface area contributed by atoms with Gasteiger partial charge in [-0.25, -0.2) is 13.2 Å². The van der Waals surface area contributed by atoms with Gasteiger partial charge in [0, 0.05) is 32.4 Å². The minimum Gasteiger partial charge on any atom is -0.332 e. The smallest absolute Gasteiger partial charge is 0.332 e. The molecule has 0 bridgehead atoms. The second-order valence-corrected chi connectivity index (χ2v) is 7.98. The van der Waals surface area contributed by atoms with Crippen molar-refractivity contribution in [2.75, 3.05) is 26.2 Å². The molecule has 1 aliphatic rings. The van der Waals surface area contributed by atoms with Gasteiger partial charge in [-0.2, -0.15) is 30.6 Å². The quantitative estimate of drug-likeness (QED) is 0.711. The minimum absolute atomic E-state index is 0.0405. The van der Waals surface area contributed by atoms with Crippen LogP contribution >= 0.6 is 11.6 Å². The van der Waals surface area contributed by atoms with Gasteiger partial charge in [-0.05, 0) is 6.07 Å². The van der Waals surface area contributed by atoms with Crippen molar-refractivity contribution in [3.05, 3.63) is 28.5 Å². The molecule has 1 aliphatic heterocycles. The van der Waals surface area contributed by atoms with Crippen molar-refractivity contribution >= 4 is 27.7 Å². The largest absolute Gasteiger partial charge is 0.511 e. The Balaban J connectivity index is 1.92. The van der Waals surface area contributed by atoms with E-state index >= 15 is 0 Å². The number of carbonyl (C=O) groups excluding carboxylic acids is 1. The molecule has 0 saturated carbocycles. The van der Waals surface area contributed by atoms with E-state index in [0.717, 1.165) is 4.90 Å². The van der Waals surface area contributed by atoms with E-state index in [0.29, 0.717) is 12.3 Å². The lowest BCUT2D eigenvalue weighted by atomic mass is 10.2. The third-order valence-electron chi connectivity index (χ3n) is 3.81. The molecule has 0 atom stereocenters. The van der Waals surface area contributed by atoms with Crippen LogP contribution in [0.3, 0.4) is 0 Å². The average molecular weight is 455 g/mol. The van der Waals surface area contributed by atoms with Crippen molar-refractivity contribution < 1.29 is 39.6 Å². The summed E-state index contributed by atoms with van der Waals surface area (Å²) in [6.07, 6.45) is -4.08. The highest BCUT2D eigenvalue weighted by Gasteiger charge is 2.50. The summed E-state index contributed by atoms with van der Waals surface area (Å²) >= 11 is 5.71. The number of nitrogens with zero attached hydrogens (tertiary/aromatic N) is 3. The molecule has 2 heterocycles. The molecule has 7 nitrogen and oxygen atoms in total. The van der Waals surface area contributed by atoms with E-state index in [9.17, 15) is 39.6 Å². The van der Waals surface area contributed by atoms with E-state index in [2.05, 4.69) is 10.3 Å². The minimum atomic E-state index is -5.47. The van der Waals surface area contributed by atoms with E-state index < -0.39 is 46.4 Å². The molecule has 2 rings (SSSR count). The molecular formula is C13H13ClF6N4O3S. The zero-order valence-electron chi connectivity index (χ0n) is 13.8. The van der Waals surface area contributed by atoms with Crippen LogP contribution in [0.2, 0.25) is 5.02 Å². The maximum Gasteiger partial charge on any atom is 0.511 e. The summed E-state index contributed by atoms with van der Waals surface area (Å²) in [5, 5.41) is 2.00. The highest BCUT2D eigenvalue weighted by atomic mass is 35.5. The fourth-order valence-electron chi connectivity index (χ4n) is 2.30. The van der Waals surface area contributed by atoms with E-state index in [1.807, 2.05) is 0 Å². The highest BCUT2D eigenvalue weighted by molar-refractivity contribution is 7.90. The molecule has 0 aliphatic carbocycles. The van der Waals surface area contributed by atoms with Crippen LogP contribution in [0.25, 0.3) is 0 Å². The number of aromatic nitrogens is 1. The second-order valence-electron chi connectivity index (χ2n) is 5.65. The predicted molar refractivity (Wildman–Crippen MR) is 84.6 cm³/mol. The Morgan fingerprint density at radius 2 is 1.71 bits per heavy atom. The number of alkyl halides is 6. The van der Waals surface area contributed by atoms with Crippen LogP contribution in [0, 0.1) is 0 Å². The summed E-state index contributed by atoms with van der Waals surface area (Å²) in [6.45, 7) is -2.01. The van der Waals surface area contributed by atoms with Gasteiger partial charge in [-0.1, -0.05) is 11.6 Å². The maximum absolute atomic E-state index is 12.6. The van der Waals surface area contributed by atoms with E-state index in [1.54, 1.807) is 0 Å². The summed E-state index contributed by atoms with van der Waals surface area (Å²) in [5.74, 6) is 0. The number of hydrogen-bond acceptors (Lipinski definition) is 4. The fourth-order valence-corrected chi connectivity index (χ4v) is 3.47. The molecule has 1 aromatic heterocycles. The number of nitrogens with one attached hydrogen (secondary N) is 1. The molecule has 1 N–H and O–H groups in total. The van der Waals surface area contributed by atoms with Crippen molar-refractivity contribution in [3.63, 3.8) is 0 Å². The molecule has 0 aromatic carbocycles. The van der Waals surface area contributed by atoms with Crippen LogP contribution in [0.15, 0.2) is 12.3 Å². The van der Waals surface area contributed by atoms with Crippen molar-refractivity contribution in [1.82, 2.24) is 19.5 Å². The summed E-state index contributed by atoms with van der Waals surface area (Å²) in [4.78, 5) is 16.6. The van der Waals surface area contributed by atoms with Crippen LogP contribution < -0.4 is 5.32 Å². The number of carbonyl (C=O) groups is 1. The Hall–Kier alpha value is -1.80. The molecule has 158 valence electrons. The van der Waals surface area contributed by atoms with E-state index in [1.165, 1.54) is 0 Å².